The Morgan fingerprint density at radius 3 is 2.57 bits per heavy atom. The van der Waals surface area contributed by atoms with Crippen molar-refractivity contribution in [2.24, 2.45) is 0 Å². The summed E-state index contributed by atoms with van der Waals surface area (Å²) in [6.45, 7) is 3.30. The van der Waals surface area contributed by atoms with Gasteiger partial charge in [-0.15, -0.1) is 5.10 Å². The van der Waals surface area contributed by atoms with Crippen LogP contribution in [0.5, 0.6) is 0 Å². The van der Waals surface area contributed by atoms with Crippen LogP contribution in [-0.2, 0) is 17.4 Å². The van der Waals surface area contributed by atoms with Crippen LogP contribution in [0.15, 0.2) is 18.2 Å². The lowest BCUT2D eigenvalue weighted by Gasteiger charge is -2.18. The van der Waals surface area contributed by atoms with Gasteiger partial charge in [0.05, 0.1) is 11.4 Å². The average molecular weight is 441 g/mol. The van der Waals surface area contributed by atoms with E-state index in [1.54, 1.807) is 32.0 Å². The number of nitrogens with zero attached hydrogens (tertiary/aromatic N) is 5. The maximum Gasteiger partial charge on any atom is 0.453 e. The molecule has 1 N–H and O–H groups in total. The third-order valence-electron chi connectivity index (χ3n) is 4.62. The third-order valence-corrected chi connectivity index (χ3v) is 4.85. The van der Waals surface area contributed by atoms with Crippen LogP contribution in [0.2, 0.25) is 5.02 Å². The number of carbonyl (C=O) groups is 1. The number of hydrogen-bond acceptors (Lipinski definition) is 5. The molecule has 0 fully saturated rings. The molecule has 3 aromatic rings. The molecule has 2 heterocycles. The second kappa shape index (κ2) is 8.10. The van der Waals surface area contributed by atoms with Crippen molar-refractivity contribution in [3.8, 4) is 0 Å². The van der Waals surface area contributed by atoms with Gasteiger partial charge in [0, 0.05) is 36.9 Å². The van der Waals surface area contributed by atoms with Crippen LogP contribution in [0.25, 0.3) is 5.78 Å². The molecule has 0 radical (unpaired) electrons. The lowest BCUT2D eigenvalue weighted by Crippen LogP contribution is -2.17. The predicted molar refractivity (Wildman–Crippen MR) is 108 cm³/mol. The monoisotopic (exact) mass is 440 g/mol. The van der Waals surface area contributed by atoms with Crippen molar-refractivity contribution in [2.45, 2.75) is 32.9 Å². The van der Waals surface area contributed by atoms with E-state index in [0.29, 0.717) is 27.7 Å². The first kappa shape index (κ1) is 21.8. The first-order valence-electron chi connectivity index (χ1n) is 9.04. The number of aromatic nitrogens is 4. The van der Waals surface area contributed by atoms with Gasteiger partial charge in [0.2, 0.25) is 5.91 Å². The number of halogens is 4. The summed E-state index contributed by atoms with van der Waals surface area (Å²) >= 11 is 6.04. The zero-order chi connectivity index (χ0) is 22.2. The van der Waals surface area contributed by atoms with Crippen molar-refractivity contribution in [3.63, 3.8) is 0 Å². The molecular formula is C19H20ClF3N6O. The number of fused-ring (bicyclic) bond motifs is 1. The summed E-state index contributed by atoms with van der Waals surface area (Å²) in [4.78, 5) is 21.9. The first-order valence-corrected chi connectivity index (χ1v) is 9.42. The SMILES string of the molecule is Cc1nc2nc(C(F)(F)F)nn2c(C)c1CCC(=O)Nc1cc(Cl)ccc1N(C)C. The summed E-state index contributed by atoms with van der Waals surface area (Å²) < 4.78 is 39.8. The van der Waals surface area contributed by atoms with Gasteiger partial charge in [-0.3, -0.25) is 4.79 Å². The van der Waals surface area contributed by atoms with Crippen molar-refractivity contribution >= 4 is 34.7 Å². The Labute approximate surface area is 175 Å². The number of anilines is 2. The summed E-state index contributed by atoms with van der Waals surface area (Å²) in [6, 6.07) is 5.19. The highest BCUT2D eigenvalue weighted by atomic mass is 35.5. The van der Waals surface area contributed by atoms with Gasteiger partial charge in [-0.05, 0) is 44.0 Å². The van der Waals surface area contributed by atoms with Gasteiger partial charge in [0.25, 0.3) is 11.6 Å². The zero-order valence-corrected chi connectivity index (χ0v) is 17.6. The molecule has 0 bridgehead atoms. The minimum atomic E-state index is -4.66. The van der Waals surface area contributed by atoms with Crippen LogP contribution < -0.4 is 10.2 Å². The van der Waals surface area contributed by atoms with Gasteiger partial charge >= 0.3 is 6.18 Å². The molecule has 160 valence electrons. The largest absolute Gasteiger partial charge is 0.453 e. The molecule has 0 aliphatic heterocycles. The maximum atomic E-state index is 12.9. The van der Waals surface area contributed by atoms with Crippen molar-refractivity contribution < 1.29 is 18.0 Å². The van der Waals surface area contributed by atoms with E-state index >= 15 is 0 Å². The molecule has 0 aliphatic carbocycles. The molecule has 0 unspecified atom stereocenters. The van der Waals surface area contributed by atoms with Crippen LogP contribution in [0.1, 0.15) is 29.2 Å². The Hall–Kier alpha value is -2.88. The molecule has 3 rings (SSSR count). The summed E-state index contributed by atoms with van der Waals surface area (Å²) in [6.07, 6.45) is -4.27. The minimum absolute atomic E-state index is 0.106. The fourth-order valence-electron chi connectivity index (χ4n) is 3.14. The van der Waals surface area contributed by atoms with E-state index in [2.05, 4.69) is 20.4 Å². The second-order valence-electron chi connectivity index (χ2n) is 7.01. The van der Waals surface area contributed by atoms with E-state index in [4.69, 9.17) is 11.6 Å². The molecule has 0 saturated heterocycles. The van der Waals surface area contributed by atoms with Crippen molar-refractivity contribution in [3.05, 3.63) is 46.0 Å². The van der Waals surface area contributed by atoms with E-state index in [1.165, 1.54) is 0 Å². The number of alkyl halides is 3. The van der Waals surface area contributed by atoms with Gasteiger partial charge in [0.1, 0.15) is 0 Å². The standard InChI is InChI=1S/C19H20ClF3N6O/c1-10-13(11(2)29-18(24-10)26-17(27-29)19(21,22)23)6-8-16(30)25-14-9-12(20)5-7-15(14)28(3)4/h5,7,9H,6,8H2,1-4H3,(H,25,30). The number of rotatable bonds is 5. The molecule has 2 aromatic heterocycles. The lowest BCUT2D eigenvalue weighted by atomic mass is 10.1. The molecule has 30 heavy (non-hydrogen) atoms. The van der Waals surface area contributed by atoms with Gasteiger partial charge in [-0.25, -0.2) is 9.50 Å². The normalized spacial score (nSPS) is 11.7. The number of aryl methyl sites for hydroxylation is 2. The topological polar surface area (TPSA) is 75.4 Å². The summed E-state index contributed by atoms with van der Waals surface area (Å²) in [5, 5.41) is 6.84. The van der Waals surface area contributed by atoms with Crippen LogP contribution in [0.3, 0.4) is 0 Å². The summed E-state index contributed by atoms with van der Waals surface area (Å²) in [7, 11) is 3.69. The summed E-state index contributed by atoms with van der Waals surface area (Å²) in [5.74, 6) is -1.63. The highest BCUT2D eigenvalue weighted by molar-refractivity contribution is 6.31. The van der Waals surface area contributed by atoms with Gasteiger partial charge in [-0.2, -0.15) is 18.2 Å². The van der Waals surface area contributed by atoms with Crippen LogP contribution in [-0.4, -0.2) is 39.6 Å². The number of nitrogens with one attached hydrogen (secondary N) is 1. The Bertz CT molecular complexity index is 1110. The summed E-state index contributed by atoms with van der Waals surface area (Å²) in [5.41, 5.74) is 2.99. The van der Waals surface area contributed by atoms with E-state index in [9.17, 15) is 18.0 Å². The smallest absolute Gasteiger partial charge is 0.376 e. The quantitative estimate of drug-likeness (QED) is 0.647. The van der Waals surface area contributed by atoms with Crippen molar-refractivity contribution in [1.82, 2.24) is 19.6 Å². The molecule has 0 aliphatic rings. The molecule has 0 atom stereocenters. The predicted octanol–water partition coefficient (Wildman–Crippen LogP) is 4.05. The number of carbonyl (C=O) groups excluding carboxylic acids is 1. The molecule has 0 saturated carbocycles. The number of hydrogen-bond donors (Lipinski definition) is 1. The fraction of sp³-hybridized carbons (Fsp3) is 0.368. The maximum absolute atomic E-state index is 12.9. The van der Waals surface area contributed by atoms with E-state index in [0.717, 1.165) is 10.2 Å². The molecule has 0 spiro atoms. The highest BCUT2D eigenvalue weighted by Gasteiger charge is 2.37. The van der Waals surface area contributed by atoms with Crippen molar-refractivity contribution in [2.75, 3.05) is 24.3 Å². The Morgan fingerprint density at radius 2 is 1.93 bits per heavy atom. The molecule has 1 amide bonds. The number of benzene rings is 1. The van der Waals surface area contributed by atoms with Gasteiger partial charge < -0.3 is 10.2 Å². The minimum Gasteiger partial charge on any atom is -0.376 e. The molecule has 1 aromatic carbocycles. The van der Waals surface area contributed by atoms with E-state index in [1.807, 2.05) is 19.0 Å². The van der Waals surface area contributed by atoms with E-state index in [-0.39, 0.29) is 24.5 Å². The third kappa shape index (κ3) is 4.48. The first-order chi connectivity index (χ1) is 14.0. The van der Waals surface area contributed by atoms with E-state index < -0.39 is 12.0 Å². The molecular weight excluding hydrogens is 421 g/mol. The lowest BCUT2D eigenvalue weighted by molar-refractivity contribution is -0.144. The highest BCUT2D eigenvalue weighted by Crippen LogP contribution is 2.29. The Morgan fingerprint density at radius 1 is 1.23 bits per heavy atom. The molecule has 7 nitrogen and oxygen atoms in total. The van der Waals surface area contributed by atoms with Crippen LogP contribution >= 0.6 is 11.6 Å². The van der Waals surface area contributed by atoms with Crippen molar-refractivity contribution in [1.29, 1.82) is 0 Å². The second-order valence-corrected chi connectivity index (χ2v) is 7.45. The van der Waals surface area contributed by atoms with Crippen LogP contribution in [0.4, 0.5) is 24.5 Å². The Kier molecular flexibility index (Phi) is 5.89. The Balaban J connectivity index is 1.80. The average Bonchev–Trinajstić information content (AvgIpc) is 3.06. The number of amides is 1. The van der Waals surface area contributed by atoms with Crippen LogP contribution in [0, 0.1) is 13.8 Å². The zero-order valence-electron chi connectivity index (χ0n) is 16.8. The van der Waals surface area contributed by atoms with Gasteiger partial charge in [-0.1, -0.05) is 11.6 Å². The fourth-order valence-corrected chi connectivity index (χ4v) is 3.31. The molecule has 11 heteroatoms. The van der Waals surface area contributed by atoms with Gasteiger partial charge in [0.15, 0.2) is 0 Å².